The molecule has 48 valence electrons. The van der Waals surface area contributed by atoms with Gasteiger partial charge in [-0.15, -0.1) is 0 Å². The molecule has 0 aliphatic carbocycles. The van der Waals surface area contributed by atoms with Crippen LogP contribution in [0.15, 0.2) is 0 Å². The SMILES string of the molecule is [C-]#N.[C-]#N.[C-]#N.[C-]#N.[K].[K].[Pt+4]. The van der Waals surface area contributed by atoms with E-state index in [1.165, 1.54) is 0 Å². The van der Waals surface area contributed by atoms with Crippen LogP contribution in [0, 0.1) is 47.3 Å². The first-order valence-corrected chi connectivity index (χ1v) is 0.894. The molecule has 7 heteroatoms. The summed E-state index contributed by atoms with van der Waals surface area (Å²) < 4.78 is 0. The molecule has 0 saturated carbocycles. The average molecular weight is 377 g/mol. The van der Waals surface area contributed by atoms with E-state index in [-0.39, 0.29) is 124 Å². The quantitative estimate of drug-likeness (QED) is 0.425. The van der Waals surface area contributed by atoms with Crippen LogP contribution in [0.4, 0.5) is 0 Å². The number of rotatable bonds is 0. The summed E-state index contributed by atoms with van der Waals surface area (Å²) in [5.74, 6) is 0. The van der Waals surface area contributed by atoms with Crippen molar-refractivity contribution in [3.8, 4) is 0 Å². The Morgan fingerprint density at radius 1 is 0.455 bits per heavy atom. The van der Waals surface area contributed by atoms with Crippen molar-refractivity contribution in [2.75, 3.05) is 0 Å². The van der Waals surface area contributed by atoms with Crippen LogP contribution in [0.1, 0.15) is 0 Å². The molecule has 0 heterocycles. The van der Waals surface area contributed by atoms with Crippen LogP contribution in [0.2, 0.25) is 0 Å². The maximum Gasteiger partial charge on any atom is 4.00 e. The van der Waals surface area contributed by atoms with Crippen LogP contribution in [-0.4, -0.2) is 103 Å². The van der Waals surface area contributed by atoms with Gasteiger partial charge >= 0.3 is 21.1 Å². The largest absolute Gasteiger partial charge is 4.00 e. The second-order valence-electron chi connectivity index (χ2n) is 0. The molecule has 2 radical (unpaired) electrons. The van der Waals surface area contributed by atoms with Gasteiger partial charge in [0, 0.05) is 103 Å². The third-order valence-corrected chi connectivity index (χ3v) is 0. The standard InChI is InChI=1S/4CN.2K.Pt/c4*1-2;;;/q4*-1;;;+4. The molecule has 4 nitrogen and oxygen atoms in total. The summed E-state index contributed by atoms with van der Waals surface area (Å²) in [6, 6.07) is 0. The molecule has 0 amide bonds. The number of hydrogen-bond acceptors (Lipinski definition) is 4. The van der Waals surface area contributed by atoms with Crippen molar-refractivity contribution in [2.45, 2.75) is 0 Å². The summed E-state index contributed by atoms with van der Waals surface area (Å²) in [4.78, 5) is 0. The molecule has 0 saturated heterocycles. The van der Waals surface area contributed by atoms with E-state index in [0.29, 0.717) is 0 Å². The molecular weight excluding hydrogens is 377 g/mol. The Morgan fingerprint density at radius 2 is 0.455 bits per heavy atom. The molecule has 11 heavy (non-hydrogen) atoms. The van der Waals surface area contributed by atoms with Crippen LogP contribution in [0.5, 0.6) is 0 Å². The third kappa shape index (κ3) is 318. The Kier molecular flexibility index (Phi) is 1830. The Labute approximate surface area is 167 Å². The van der Waals surface area contributed by atoms with Gasteiger partial charge in [0.15, 0.2) is 0 Å². The fourth-order valence-electron chi connectivity index (χ4n) is 0. The molecular formula is C4K2N4Pt. The van der Waals surface area contributed by atoms with Crippen molar-refractivity contribution >= 4 is 103 Å². The van der Waals surface area contributed by atoms with Crippen molar-refractivity contribution in [1.29, 1.82) is 21.0 Å². The third-order valence-electron chi connectivity index (χ3n) is 0. The van der Waals surface area contributed by atoms with Gasteiger partial charge in [-0.2, -0.15) is 0 Å². The van der Waals surface area contributed by atoms with Crippen LogP contribution in [0.3, 0.4) is 0 Å². The zero-order valence-corrected chi connectivity index (χ0v) is 14.6. The van der Waals surface area contributed by atoms with E-state index in [4.69, 9.17) is 47.3 Å². The number of nitrogens with zero attached hydrogens (tertiary/aromatic N) is 4. The van der Waals surface area contributed by atoms with Gasteiger partial charge in [0.2, 0.25) is 0 Å². The molecule has 0 fully saturated rings. The van der Waals surface area contributed by atoms with E-state index in [2.05, 4.69) is 0 Å². The molecule has 0 aromatic rings. The van der Waals surface area contributed by atoms with Gasteiger partial charge in [-0.1, -0.05) is 0 Å². The van der Waals surface area contributed by atoms with Crippen molar-refractivity contribution in [2.24, 2.45) is 0 Å². The minimum atomic E-state index is 0. The van der Waals surface area contributed by atoms with Crippen LogP contribution in [-0.2, 0) is 21.1 Å². The summed E-state index contributed by atoms with van der Waals surface area (Å²) in [7, 11) is 0. The van der Waals surface area contributed by atoms with Crippen molar-refractivity contribution in [3.63, 3.8) is 0 Å². The summed E-state index contributed by atoms with van der Waals surface area (Å²) in [6.45, 7) is 19.0. The van der Waals surface area contributed by atoms with Gasteiger partial charge < -0.3 is 47.3 Å². The fourth-order valence-corrected chi connectivity index (χ4v) is 0. The van der Waals surface area contributed by atoms with Crippen LogP contribution >= 0.6 is 0 Å². The predicted molar refractivity (Wildman–Crippen MR) is 31.4 cm³/mol. The summed E-state index contributed by atoms with van der Waals surface area (Å²) >= 11 is 0. The normalized spacial score (nSPS) is 0.727. The monoisotopic (exact) mass is 377 g/mol. The Bertz CT molecular complexity index is 63.1. The molecule has 0 aliphatic heterocycles. The first kappa shape index (κ1) is 52.4. The van der Waals surface area contributed by atoms with Crippen LogP contribution in [0.25, 0.3) is 0 Å². The van der Waals surface area contributed by atoms with Gasteiger partial charge in [-0.05, 0) is 0 Å². The van der Waals surface area contributed by atoms with Crippen molar-refractivity contribution in [1.82, 2.24) is 0 Å². The van der Waals surface area contributed by atoms with Gasteiger partial charge in [0.1, 0.15) is 0 Å². The van der Waals surface area contributed by atoms with E-state index < -0.39 is 0 Å². The predicted octanol–water partition coefficient (Wildman–Crippen LogP) is -0.379. The molecule has 0 atom stereocenters. The molecule has 0 spiro atoms. The maximum atomic E-state index is 6.25. The van der Waals surface area contributed by atoms with Crippen molar-refractivity contribution < 1.29 is 21.1 Å². The number of hydrogen-bond donors (Lipinski definition) is 0. The molecule has 0 aromatic heterocycles. The Hall–Kier alpha value is 1.92. The van der Waals surface area contributed by atoms with Crippen molar-refractivity contribution in [3.05, 3.63) is 26.3 Å². The maximum absolute atomic E-state index is 6.25. The second kappa shape index (κ2) is 385. The fraction of sp³-hybridized carbons (Fsp3) is 0. The first-order chi connectivity index (χ1) is 4.00. The van der Waals surface area contributed by atoms with E-state index in [0.717, 1.165) is 0 Å². The van der Waals surface area contributed by atoms with Gasteiger partial charge in [0.05, 0.1) is 0 Å². The summed E-state index contributed by atoms with van der Waals surface area (Å²) in [6.07, 6.45) is 0. The van der Waals surface area contributed by atoms with E-state index >= 15 is 0 Å². The van der Waals surface area contributed by atoms with E-state index in [9.17, 15) is 0 Å². The Morgan fingerprint density at radius 3 is 0.455 bits per heavy atom. The minimum absolute atomic E-state index is 0. The molecule has 0 aliphatic rings. The average Bonchev–Trinajstić information content (AvgIpc) is 2.03. The zero-order chi connectivity index (χ0) is 8.00. The zero-order valence-electron chi connectivity index (χ0n) is 6.11. The molecule has 0 N–H and O–H groups in total. The van der Waals surface area contributed by atoms with Gasteiger partial charge in [-0.25, -0.2) is 0 Å². The molecule has 0 unspecified atom stereocenters. The first-order valence-electron chi connectivity index (χ1n) is 0.894. The van der Waals surface area contributed by atoms with Crippen LogP contribution < -0.4 is 0 Å². The van der Waals surface area contributed by atoms with Gasteiger partial charge in [-0.3, -0.25) is 0 Å². The molecule has 0 bridgehead atoms. The second-order valence-corrected chi connectivity index (χ2v) is 0. The summed E-state index contributed by atoms with van der Waals surface area (Å²) in [5.41, 5.74) is 0. The smallest absolute Gasteiger partial charge is 0.512 e. The van der Waals surface area contributed by atoms with E-state index in [1.807, 2.05) is 0 Å². The Balaban J connectivity index is -0.00000000356. The van der Waals surface area contributed by atoms with Gasteiger partial charge in [0.25, 0.3) is 0 Å². The topological polar surface area (TPSA) is 95.2 Å². The summed E-state index contributed by atoms with van der Waals surface area (Å²) in [5, 5.41) is 25.0. The molecule has 0 aromatic carbocycles. The molecule has 0 rings (SSSR count). The minimum Gasteiger partial charge on any atom is -0.512 e. The van der Waals surface area contributed by atoms with E-state index in [1.54, 1.807) is 0 Å².